The number of fused-ring (bicyclic) bond motifs is 1. The lowest BCUT2D eigenvalue weighted by Crippen LogP contribution is -2.21. The second-order valence-corrected chi connectivity index (χ2v) is 6.03. The van der Waals surface area contributed by atoms with Crippen molar-refractivity contribution in [2.24, 2.45) is 0 Å². The first-order valence-corrected chi connectivity index (χ1v) is 8.24. The minimum absolute atomic E-state index is 0.129. The summed E-state index contributed by atoms with van der Waals surface area (Å²) in [5.74, 6) is 0. The molecule has 0 saturated carbocycles. The van der Waals surface area contributed by atoms with Crippen molar-refractivity contribution in [3.8, 4) is 11.8 Å². The van der Waals surface area contributed by atoms with E-state index >= 15 is 0 Å². The predicted molar refractivity (Wildman–Crippen MR) is 100 cm³/mol. The van der Waals surface area contributed by atoms with Crippen molar-refractivity contribution in [1.82, 2.24) is 19.3 Å². The molecule has 136 valence electrons. The zero-order valence-electron chi connectivity index (χ0n) is 14.4. The standard InChI is InChI=1S/C19H12N6O3/c20-9-13-5-7-14(8-6-13)11-23-12-21-18-15(19(23)26)10-22-24(18)16-3-1-2-4-17(16)25(27)28/h1-8,10,12H,11H2. The van der Waals surface area contributed by atoms with Crippen LogP contribution in [-0.4, -0.2) is 24.3 Å². The zero-order valence-corrected chi connectivity index (χ0v) is 14.4. The van der Waals surface area contributed by atoms with Gasteiger partial charge in [0.15, 0.2) is 5.65 Å². The topological polar surface area (TPSA) is 120 Å². The summed E-state index contributed by atoms with van der Waals surface area (Å²) in [6, 6.07) is 15.1. The number of rotatable bonds is 4. The van der Waals surface area contributed by atoms with Crippen LogP contribution >= 0.6 is 0 Å². The smallest absolute Gasteiger partial charge is 0.294 e. The highest BCUT2D eigenvalue weighted by molar-refractivity contribution is 5.76. The number of benzene rings is 2. The van der Waals surface area contributed by atoms with Crippen LogP contribution in [0.2, 0.25) is 0 Å². The number of aromatic nitrogens is 4. The molecule has 0 aliphatic carbocycles. The number of nitro groups is 1. The number of nitrogens with zero attached hydrogens (tertiary/aromatic N) is 6. The third kappa shape index (κ3) is 2.89. The molecule has 0 spiro atoms. The molecule has 0 radical (unpaired) electrons. The molecular formula is C19H12N6O3. The molecule has 0 fully saturated rings. The van der Waals surface area contributed by atoms with Gasteiger partial charge >= 0.3 is 0 Å². The molecule has 0 N–H and O–H groups in total. The molecule has 4 aromatic rings. The summed E-state index contributed by atoms with van der Waals surface area (Å²) in [7, 11) is 0. The minimum Gasteiger partial charge on any atom is -0.294 e. The lowest BCUT2D eigenvalue weighted by Gasteiger charge is -2.07. The third-order valence-corrected chi connectivity index (χ3v) is 4.30. The predicted octanol–water partition coefficient (Wildman–Crippen LogP) is 2.41. The number of hydrogen-bond acceptors (Lipinski definition) is 6. The van der Waals surface area contributed by atoms with Gasteiger partial charge in [-0.1, -0.05) is 24.3 Å². The van der Waals surface area contributed by atoms with E-state index in [-0.39, 0.29) is 34.5 Å². The van der Waals surface area contributed by atoms with Crippen LogP contribution in [0, 0.1) is 21.4 Å². The fourth-order valence-electron chi connectivity index (χ4n) is 2.92. The Morgan fingerprint density at radius 2 is 1.89 bits per heavy atom. The zero-order chi connectivity index (χ0) is 19.7. The van der Waals surface area contributed by atoms with Gasteiger partial charge in [-0.05, 0) is 23.8 Å². The largest absolute Gasteiger partial charge is 0.294 e. The van der Waals surface area contributed by atoms with Crippen LogP contribution in [0.25, 0.3) is 16.7 Å². The molecule has 0 unspecified atom stereocenters. The van der Waals surface area contributed by atoms with Gasteiger partial charge in [-0.25, -0.2) is 9.67 Å². The third-order valence-electron chi connectivity index (χ3n) is 4.30. The van der Waals surface area contributed by atoms with E-state index in [9.17, 15) is 14.9 Å². The number of hydrogen-bond donors (Lipinski definition) is 0. The Kier molecular flexibility index (Phi) is 4.14. The lowest BCUT2D eigenvalue weighted by atomic mass is 10.1. The normalized spacial score (nSPS) is 10.7. The average Bonchev–Trinajstić information content (AvgIpc) is 3.15. The Bertz CT molecular complexity index is 1300. The second-order valence-electron chi connectivity index (χ2n) is 6.03. The number of para-hydroxylation sites is 2. The maximum absolute atomic E-state index is 12.8. The fraction of sp³-hybridized carbons (Fsp3) is 0.0526. The van der Waals surface area contributed by atoms with Crippen LogP contribution in [0.1, 0.15) is 11.1 Å². The van der Waals surface area contributed by atoms with Crippen molar-refractivity contribution in [3.05, 3.63) is 92.7 Å². The van der Waals surface area contributed by atoms with E-state index in [1.807, 2.05) is 6.07 Å². The van der Waals surface area contributed by atoms with Crippen LogP contribution in [0.4, 0.5) is 5.69 Å². The van der Waals surface area contributed by atoms with Crippen molar-refractivity contribution in [3.63, 3.8) is 0 Å². The molecule has 28 heavy (non-hydrogen) atoms. The second kappa shape index (κ2) is 6.77. The highest BCUT2D eigenvalue weighted by Gasteiger charge is 2.19. The van der Waals surface area contributed by atoms with Crippen LogP contribution in [0.3, 0.4) is 0 Å². The summed E-state index contributed by atoms with van der Waals surface area (Å²) in [6.07, 6.45) is 2.74. The Morgan fingerprint density at radius 3 is 2.61 bits per heavy atom. The summed E-state index contributed by atoms with van der Waals surface area (Å²) < 4.78 is 2.72. The Balaban J connectivity index is 1.77. The van der Waals surface area contributed by atoms with Crippen molar-refractivity contribution in [1.29, 1.82) is 5.26 Å². The highest BCUT2D eigenvalue weighted by atomic mass is 16.6. The van der Waals surface area contributed by atoms with Gasteiger partial charge in [0, 0.05) is 6.07 Å². The van der Waals surface area contributed by atoms with Gasteiger partial charge in [-0.3, -0.25) is 19.5 Å². The fourth-order valence-corrected chi connectivity index (χ4v) is 2.92. The van der Waals surface area contributed by atoms with Crippen LogP contribution in [0.15, 0.2) is 65.8 Å². The molecule has 0 aliphatic rings. The van der Waals surface area contributed by atoms with Crippen molar-refractivity contribution < 1.29 is 4.92 Å². The molecule has 9 nitrogen and oxygen atoms in total. The van der Waals surface area contributed by atoms with E-state index in [1.165, 1.54) is 27.8 Å². The maximum Gasteiger partial charge on any atom is 0.294 e. The summed E-state index contributed by atoms with van der Waals surface area (Å²) >= 11 is 0. The summed E-state index contributed by atoms with van der Waals surface area (Å²) in [5.41, 5.74) is 1.42. The van der Waals surface area contributed by atoms with Gasteiger partial charge in [0.1, 0.15) is 17.4 Å². The molecule has 0 bridgehead atoms. The highest BCUT2D eigenvalue weighted by Crippen LogP contribution is 2.23. The molecule has 2 heterocycles. The maximum atomic E-state index is 12.8. The van der Waals surface area contributed by atoms with Crippen molar-refractivity contribution in [2.75, 3.05) is 0 Å². The van der Waals surface area contributed by atoms with Crippen molar-refractivity contribution >= 4 is 16.7 Å². The Hall–Kier alpha value is -4.32. The van der Waals surface area contributed by atoms with E-state index in [1.54, 1.807) is 42.5 Å². The SMILES string of the molecule is N#Cc1ccc(Cn2cnc3c(cnn3-c3ccccc3[N+](=O)[O-])c2=O)cc1. The van der Waals surface area contributed by atoms with Crippen LogP contribution in [0.5, 0.6) is 0 Å². The molecule has 2 aromatic carbocycles. The van der Waals surface area contributed by atoms with E-state index in [0.29, 0.717) is 5.56 Å². The summed E-state index contributed by atoms with van der Waals surface area (Å²) in [6.45, 7) is 0.282. The first kappa shape index (κ1) is 17.1. The molecule has 0 saturated heterocycles. The molecule has 0 aliphatic heterocycles. The number of nitriles is 1. The van der Waals surface area contributed by atoms with Gasteiger partial charge in [0.05, 0.1) is 29.3 Å². The van der Waals surface area contributed by atoms with Gasteiger partial charge < -0.3 is 0 Å². The van der Waals surface area contributed by atoms with E-state index in [0.717, 1.165) is 5.56 Å². The molecule has 0 atom stereocenters. The number of nitro benzene ring substituents is 1. The van der Waals surface area contributed by atoms with Crippen LogP contribution < -0.4 is 5.56 Å². The van der Waals surface area contributed by atoms with Crippen molar-refractivity contribution in [2.45, 2.75) is 6.54 Å². The molecule has 2 aromatic heterocycles. The van der Waals surface area contributed by atoms with Gasteiger partial charge in [0.25, 0.3) is 11.2 Å². The van der Waals surface area contributed by atoms with E-state index < -0.39 is 4.92 Å². The Morgan fingerprint density at radius 1 is 1.14 bits per heavy atom. The average molecular weight is 372 g/mol. The minimum atomic E-state index is -0.505. The quantitative estimate of drug-likeness (QED) is 0.401. The monoisotopic (exact) mass is 372 g/mol. The molecule has 9 heteroatoms. The lowest BCUT2D eigenvalue weighted by molar-refractivity contribution is -0.384. The Labute approximate surface area is 157 Å². The first-order chi connectivity index (χ1) is 13.6. The summed E-state index contributed by atoms with van der Waals surface area (Å²) in [4.78, 5) is 27.9. The van der Waals surface area contributed by atoms with E-state index in [2.05, 4.69) is 10.1 Å². The first-order valence-electron chi connectivity index (χ1n) is 8.24. The van der Waals surface area contributed by atoms with Crippen LogP contribution in [-0.2, 0) is 6.54 Å². The van der Waals surface area contributed by atoms with Gasteiger partial charge in [0.2, 0.25) is 0 Å². The van der Waals surface area contributed by atoms with Gasteiger partial charge in [-0.2, -0.15) is 10.4 Å². The van der Waals surface area contributed by atoms with E-state index in [4.69, 9.17) is 5.26 Å². The molecular weight excluding hydrogens is 360 g/mol. The summed E-state index contributed by atoms with van der Waals surface area (Å²) in [5, 5.41) is 24.5. The molecule has 4 rings (SSSR count). The van der Waals surface area contributed by atoms with Gasteiger partial charge in [-0.15, -0.1) is 0 Å². The molecule has 0 amide bonds.